The summed E-state index contributed by atoms with van der Waals surface area (Å²) in [5.74, 6) is 1.96. The van der Waals surface area contributed by atoms with Gasteiger partial charge >= 0.3 is 0 Å². The van der Waals surface area contributed by atoms with E-state index >= 15 is 0 Å². The van der Waals surface area contributed by atoms with Gasteiger partial charge in [-0.25, -0.2) is 0 Å². The second-order valence-corrected chi connectivity index (χ2v) is 6.08. The van der Waals surface area contributed by atoms with Gasteiger partial charge in [-0.1, -0.05) is 22.0 Å². The number of carbonyl (C=O) groups excluding carboxylic acids is 1. The molecular weight excluding hydrogens is 362 g/mol. The maximum absolute atomic E-state index is 11.9. The van der Waals surface area contributed by atoms with Gasteiger partial charge in [0.15, 0.2) is 18.1 Å². The van der Waals surface area contributed by atoms with Crippen LogP contribution in [0.4, 0.5) is 0 Å². The molecule has 0 atom stereocenters. The highest BCUT2D eigenvalue weighted by atomic mass is 79.9. The SMILES string of the molecule is Cc1cc(Br)ccc1OCC(=O)NCc1ccc2c(c1)OCO2. The van der Waals surface area contributed by atoms with Crippen molar-refractivity contribution < 1.29 is 19.0 Å². The monoisotopic (exact) mass is 377 g/mol. The Hall–Kier alpha value is -2.21. The molecule has 120 valence electrons. The van der Waals surface area contributed by atoms with Crippen molar-refractivity contribution in [2.75, 3.05) is 13.4 Å². The van der Waals surface area contributed by atoms with Gasteiger partial charge in [0.1, 0.15) is 5.75 Å². The Morgan fingerprint density at radius 2 is 2.04 bits per heavy atom. The van der Waals surface area contributed by atoms with Crippen LogP contribution in [0.5, 0.6) is 17.2 Å². The third kappa shape index (κ3) is 3.96. The van der Waals surface area contributed by atoms with Crippen LogP contribution in [0.1, 0.15) is 11.1 Å². The highest BCUT2D eigenvalue weighted by Gasteiger charge is 2.13. The van der Waals surface area contributed by atoms with Crippen LogP contribution in [0.25, 0.3) is 0 Å². The Bertz CT molecular complexity index is 733. The quantitative estimate of drug-likeness (QED) is 0.869. The maximum Gasteiger partial charge on any atom is 0.258 e. The number of hydrogen-bond acceptors (Lipinski definition) is 4. The molecule has 1 amide bonds. The number of nitrogens with one attached hydrogen (secondary N) is 1. The summed E-state index contributed by atoms with van der Waals surface area (Å²) in [5, 5.41) is 2.82. The van der Waals surface area contributed by atoms with Gasteiger partial charge in [-0.2, -0.15) is 0 Å². The fourth-order valence-electron chi connectivity index (χ4n) is 2.22. The van der Waals surface area contributed by atoms with Gasteiger partial charge in [-0.05, 0) is 48.4 Å². The minimum atomic E-state index is -0.176. The van der Waals surface area contributed by atoms with Crippen molar-refractivity contribution in [3.63, 3.8) is 0 Å². The van der Waals surface area contributed by atoms with Crippen molar-refractivity contribution in [3.05, 3.63) is 52.0 Å². The van der Waals surface area contributed by atoms with E-state index in [1.54, 1.807) is 0 Å². The first-order chi connectivity index (χ1) is 11.1. The average molecular weight is 378 g/mol. The Labute approximate surface area is 142 Å². The summed E-state index contributed by atoms with van der Waals surface area (Å²) in [6.07, 6.45) is 0. The van der Waals surface area contributed by atoms with Gasteiger partial charge in [-0.15, -0.1) is 0 Å². The summed E-state index contributed by atoms with van der Waals surface area (Å²) < 4.78 is 17.1. The topological polar surface area (TPSA) is 56.8 Å². The summed E-state index contributed by atoms with van der Waals surface area (Å²) in [6, 6.07) is 11.3. The average Bonchev–Trinajstić information content (AvgIpc) is 2.99. The van der Waals surface area contributed by atoms with Crippen LogP contribution in [-0.2, 0) is 11.3 Å². The zero-order valence-corrected chi connectivity index (χ0v) is 14.2. The molecule has 0 saturated heterocycles. The van der Waals surface area contributed by atoms with E-state index in [-0.39, 0.29) is 19.3 Å². The second-order valence-electron chi connectivity index (χ2n) is 5.16. The van der Waals surface area contributed by atoms with Crippen LogP contribution in [-0.4, -0.2) is 19.3 Å². The highest BCUT2D eigenvalue weighted by Crippen LogP contribution is 2.32. The minimum Gasteiger partial charge on any atom is -0.484 e. The fraction of sp³-hybridized carbons (Fsp3) is 0.235. The van der Waals surface area contributed by atoms with E-state index < -0.39 is 0 Å². The van der Waals surface area contributed by atoms with E-state index in [4.69, 9.17) is 14.2 Å². The Morgan fingerprint density at radius 3 is 2.87 bits per heavy atom. The molecule has 6 heteroatoms. The molecule has 0 saturated carbocycles. The summed E-state index contributed by atoms with van der Waals surface area (Å²) in [6.45, 7) is 2.57. The number of aryl methyl sites for hydroxylation is 1. The summed E-state index contributed by atoms with van der Waals surface area (Å²) in [5.41, 5.74) is 1.92. The molecule has 3 rings (SSSR count). The number of halogens is 1. The van der Waals surface area contributed by atoms with Crippen molar-refractivity contribution in [2.24, 2.45) is 0 Å². The zero-order chi connectivity index (χ0) is 16.2. The molecule has 1 N–H and O–H groups in total. The number of fused-ring (bicyclic) bond motifs is 1. The number of benzene rings is 2. The Morgan fingerprint density at radius 1 is 1.22 bits per heavy atom. The maximum atomic E-state index is 11.9. The Kier molecular flexibility index (Phi) is 4.71. The number of ether oxygens (including phenoxy) is 3. The first-order valence-electron chi connectivity index (χ1n) is 7.16. The van der Waals surface area contributed by atoms with Crippen LogP contribution >= 0.6 is 15.9 Å². The van der Waals surface area contributed by atoms with Crippen LogP contribution in [0.15, 0.2) is 40.9 Å². The van der Waals surface area contributed by atoms with E-state index in [0.717, 1.165) is 21.3 Å². The molecule has 2 aromatic carbocycles. The zero-order valence-electron chi connectivity index (χ0n) is 12.6. The summed E-state index contributed by atoms with van der Waals surface area (Å²) >= 11 is 3.39. The normalized spacial score (nSPS) is 12.1. The predicted octanol–water partition coefficient (Wildman–Crippen LogP) is 3.18. The lowest BCUT2D eigenvalue weighted by Crippen LogP contribution is -2.28. The molecule has 1 aliphatic rings. The fourth-order valence-corrected chi connectivity index (χ4v) is 2.70. The highest BCUT2D eigenvalue weighted by molar-refractivity contribution is 9.10. The molecule has 0 radical (unpaired) electrons. The molecule has 2 aromatic rings. The van der Waals surface area contributed by atoms with Gasteiger partial charge in [0.2, 0.25) is 6.79 Å². The molecule has 0 bridgehead atoms. The van der Waals surface area contributed by atoms with Gasteiger partial charge < -0.3 is 19.5 Å². The smallest absolute Gasteiger partial charge is 0.258 e. The lowest BCUT2D eigenvalue weighted by molar-refractivity contribution is -0.123. The van der Waals surface area contributed by atoms with Crippen LogP contribution < -0.4 is 19.5 Å². The van der Waals surface area contributed by atoms with E-state index in [0.29, 0.717) is 18.0 Å². The van der Waals surface area contributed by atoms with Crippen molar-refractivity contribution in [1.29, 1.82) is 0 Å². The number of rotatable bonds is 5. The molecule has 1 aliphatic heterocycles. The molecule has 0 spiro atoms. The van der Waals surface area contributed by atoms with E-state index in [1.165, 1.54) is 0 Å². The molecule has 5 nitrogen and oxygen atoms in total. The molecule has 0 fully saturated rings. The van der Waals surface area contributed by atoms with Crippen molar-refractivity contribution in [2.45, 2.75) is 13.5 Å². The number of carbonyl (C=O) groups is 1. The van der Waals surface area contributed by atoms with Gasteiger partial charge in [0, 0.05) is 11.0 Å². The third-order valence-corrected chi connectivity index (χ3v) is 3.92. The third-order valence-electron chi connectivity index (χ3n) is 3.42. The number of hydrogen-bond donors (Lipinski definition) is 1. The van der Waals surface area contributed by atoms with Crippen LogP contribution in [0.2, 0.25) is 0 Å². The summed E-state index contributed by atoms with van der Waals surface area (Å²) in [7, 11) is 0. The van der Waals surface area contributed by atoms with Crippen molar-refractivity contribution in [1.82, 2.24) is 5.32 Å². The first kappa shape index (κ1) is 15.7. The molecule has 23 heavy (non-hydrogen) atoms. The first-order valence-corrected chi connectivity index (χ1v) is 7.95. The molecular formula is C17H16BrNO4. The van der Waals surface area contributed by atoms with E-state index in [2.05, 4.69) is 21.2 Å². The second kappa shape index (κ2) is 6.91. The van der Waals surface area contributed by atoms with Crippen molar-refractivity contribution in [3.8, 4) is 17.2 Å². The molecule has 1 heterocycles. The number of amides is 1. The van der Waals surface area contributed by atoms with Gasteiger partial charge in [0.05, 0.1) is 0 Å². The van der Waals surface area contributed by atoms with Crippen molar-refractivity contribution >= 4 is 21.8 Å². The molecule has 0 aromatic heterocycles. The van der Waals surface area contributed by atoms with E-state index in [9.17, 15) is 4.79 Å². The van der Waals surface area contributed by atoms with Crippen LogP contribution in [0.3, 0.4) is 0 Å². The molecule has 0 aliphatic carbocycles. The minimum absolute atomic E-state index is 0.0208. The van der Waals surface area contributed by atoms with Crippen LogP contribution in [0, 0.1) is 6.92 Å². The predicted molar refractivity (Wildman–Crippen MR) is 88.8 cm³/mol. The lowest BCUT2D eigenvalue weighted by Gasteiger charge is -2.10. The van der Waals surface area contributed by atoms with Gasteiger partial charge in [0.25, 0.3) is 5.91 Å². The lowest BCUT2D eigenvalue weighted by atomic mass is 10.2. The molecule has 0 unspecified atom stereocenters. The Balaban J connectivity index is 1.50. The van der Waals surface area contributed by atoms with Gasteiger partial charge in [-0.3, -0.25) is 4.79 Å². The summed E-state index contributed by atoms with van der Waals surface area (Å²) in [4.78, 5) is 11.9. The standard InChI is InChI=1S/C17H16BrNO4/c1-11-6-13(18)3-5-14(11)21-9-17(20)19-8-12-2-4-15-16(7-12)23-10-22-15/h2-7H,8-10H2,1H3,(H,19,20). The largest absolute Gasteiger partial charge is 0.484 e. The van der Waals surface area contributed by atoms with E-state index in [1.807, 2.05) is 43.3 Å².